The molecule has 2 heterocycles. The van der Waals surface area contributed by atoms with Gasteiger partial charge in [0.25, 0.3) is 5.91 Å². The molecule has 4 amide bonds. The van der Waals surface area contributed by atoms with Crippen LogP contribution in [0.4, 0.5) is 4.79 Å². The van der Waals surface area contributed by atoms with E-state index in [-0.39, 0.29) is 19.1 Å². The van der Waals surface area contributed by atoms with E-state index < -0.39 is 40.5 Å². The van der Waals surface area contributed by atoms with E-state index in [1.165, 1.54) is 18.9 Å². The van der Waals surface area contributed by atoms with Crippen LogP contribution in [0.3, 0.4) is 0 Å². The van der Waals surface area contributed by atoms with Gasteiger partial charge >= 0.3 is 6.09 Å². The molecule has 11 nitrogen and oxygen atoms in total. The number of amides is 4. The van der Waals surface area contributed by atoms with E-state index in [0.29, 0.717) is 30.2 Å². The fourth-order valence-electron chi connectivity index (χ4n) is 5.30. The highest BCUT2D eigenvalue weighted by Gasteiger charge is 2.54. The third kappa shape index (κ3) is 7.50. The average molecular weight is 626 g/mol. The average Bonchev–Trinajstić information content (AvgIpc) is 3.19. The third-order valence-electron chi connectivity index (χ3n) is 7.49. The van der Waals surface area contributed by atoms with Gasteiger partial charge in [-0.2, -0.15) is 5.10 Å². The van der Waals surface area contributed by atoms with E-state index in [0.717, 1.165) is 11.3 Å². The number of piperidine rings is 1. The molecular weight excluding hydrogens is 586 g/mol. The number of hydrogen-bond acceptors (Lipinski definition) is 7. The minimum atomic E-state index is -1.44. The maximum Gasteiger partial charge on any atom is 0.408 e. The van der Waals surface area contributed by atoms with Gasteiger partial charge in [0.05, 0.1) is 10.7 Å². The van der Waals surface area contributed by atoms with Crippen LogP contribution in [0.25, 0.3) is 0 Å². The molecule has 4 rings (SSSR count). The topological polar surface area (TPSA) is 130 Å². The lowest BCUT2D eigenvalue weighted by molar-refractivity contribution is -0.143. The summed E-state index contributed by atoms with van der Waals surface area (Å²) in [6, 6.07) is 15.2. The number of alkyl carbamates (subject to hydrolysis) is 1. The number of hydrazone groups is 1. The number of ether oxygens (including phenoxy) is 2. The maximum atomic E-state index is 14.2. The predicted octanol–water partition coefficient (Wildman–Crippen LogP) is 3.80. The van der Waals surface area contributed by atoms with Gasteiger partial charge in [-0.25, -0.2) is 9.80 Å². The first-order valence-corrected chi connectivity index (χ1v) is 14.9. The Morgan fingerprint density at radius 2 is 1.70 bits per heavy atom. The molecule has 236 valence electrons. The van der Waals surface area contributed by atoms with Gasteiger partial charge in [0.1, 0.15) is 35.0 Å². The second-order valence-corrected chi connectivity index (χ2v) is 13.1. The van der Waals surface area contributed by atoms with E-state index in [9.17, 15) is 19.2 Å². The number of rotatable bonds is 9. The molecule has 2 aliphatic heterocycles. The van der Waals surface area contributed by atoms with Gasteiger partial charge in [-0.15, -0.1) is 0 Å². The number of likely N-dealkylation sites (tertiary alicyclic amines) is 1. The molecule has 44 heavy (non-hydrogen) atoms. The van der Waals surface area contributed by atoms with Gasteiger partial charge in [0, 0.05) is 26.6 Å². The number of para-hydroxylation sites is 1. The number of carbonyl (C=O) groups is 4. The van der Waals surface area contributed by atoms with Gasteiger partial charge in [-0.05, 0) is 58.7 Å². The van der Waals surface area contributed by atoms with E-state index in [1.54, 1.807) is 57.0 Å². The van der Waals surface area contributed by atoms with E-state index in [1.807, 2.05) is 30.3 Å². The summed E-state index contributed by atoms with van der Waals surface area (Å²) in [6.07, 6.45) is -0.00571. The fraction of sp³-hybridized carbons (Fsp3) is 0.469. The van der Waals surface area contributed by atoms with Crippen LogP contribution in [0, 0.1) is 5.41 Å². The first kappa shape index (κ1) is 32.8. The van der Waals surface area contributed by atoms with Crippen molar-refractivity contribution in [1.29, 1.82) is 0 Å². The molecule has 0 aromatic heterocycles. The number of carbonyl (C=O) groups excluding carboxylic acids is 4. The molecule has 1 unspecified atom stereocenters. The number of hydrogen-bond donors (Lipinski definition) is 2. The molecule has 0 radical (unpaired) electrons. The van der Waals surface area contributed by atoms with Crippen molar-refractivity contribution in [2.45, 2.75) is 64.6 Å². The van der Waals surface area contributed by atoms with Crippen molar-refractivity contribution in [3.05, 3.63) is 65.2 Å². The van der Waals surface area contributed by atoms with Gasteiger partial charge in [-0.1, -0.05) is 54.1 Å². The Hall–Kier alpha value is -4.12. The number of halogens is 1. The van der Waals surface area contributed by atoms with Crippen LogP contribution in [0.15, 0.2) is 59.7 Å². The molecule has 0 saturated carbocycles. The van der Waals surface area contributed by atoms with Crippen LogP contribution in [0.1, 0.15) is 46.6 Å². The van der Waals surface area contributed by atoms with Crippen LogP contribution in [0.5, 0.6) is 5.75 Å². The molecule has 2 aromatic rings. The highest BCUT2D eigenvalue weighted by molar-refractivity contribution is 6.32. The molecule has 2 aliphatic rings. The summed E-state index contributed by atoms with van der Waals surface area (Å²) in [7, 11) is 1.62. The summed E-state index contributed by atoms with van der Waals surface area (Å²) >= 11 is 6.29. The highest BCUT2D eigenvalue weighted by Crippen LogP contribution is 2.38. The lowest BCUT2D eigenvalue weighted by Gasteiger charge is -2.41. The van der Waals surface area contributed by atoms with Gasteiger partial charge in [0.2, 0.25) is 11.8 Å². The van der Waals surface area contributed by atoms with Crippen molar-refractivity contribution in [3.8, 4) is 5.75 Å². The van der Waals surface area contributed by atoms with E-state index in [2.05, 4.69) is 15.7 Å². The van der Waals surface area contributed by atoms with Crippen molar-refractivity contribution in [1.82, 2.24) is 20.5 Å². The molecule has 2 N–H and O–H groups in total. The normalized spacial score (nSPS) is 19.1. The SMILES string of the molecule is CN1N=C2CCN(C(=O)C(COc3ccccc3Cl)NC(=O)C(C)(C)NC(=O)OC(C)(C)C)C[C@@]2(Cc2ccccc2)C1=O. The highest BCUT2D eigenvalue weighted by atomic mass is 35.5. The first-order chi connectivity index (χ1) is 20.6. The molecule has 2 atom stereocenters. The smallest absolute Gasteiger partial charge is 0.408 e. The largest absolute Gasteiger partial charge is 0.489 e. The zero-order valence-electron chi connectivity index (χ0n) is 26.0. The Morgan fingerprint density at radius 3 is 2.36 bits per heavy atom. The van der Waals surface area contributed by atoms with E-state index in [4.69, 9.17) is 21.1 Å². The minimum Gasteiger partial charge on any atom is -0.489 e. The Labute approximate surface area is 262 Å². The van der Waals surface area contributed by atoms with Crippen LogP contribution < -0.4 is 15.4 Å². The Bertz CT molecular complexity index is 1440. The summed E-state index contributed by atoms with van der Waals surface area (Å²) in [5.74, 6) is -0.912. The zero-order chi connectivity index (χ0) is 32.3. The third-order valence-corrected chi connectivity index (χ3v) is 7.81. The molecule has 1 fully saturated rings. The molecule has 0 spiro atoms. The quantitative estimate of drug-likeness (QED) is 0.436. The lowest BCUT2D eigenvalue weighted by atomic mass is 9.73. The van der Waals surface area contributed by atoms with Crippen molar-refractivity contribution in [2.24, 2.45) is 10.5 Å². The minimum absolute atomic E-state index is 0.0841. The Kier molecular flexibility index (Phi) is 9.58. The Morgan fingerprint density at radius 1 is 1.05 bits per heavy atom. The maximum absolute atomic E-state index is 14.2. The number of nitrogens with zero attached hydrogens (tertiary/aromatic N) is 3. The molecule has 1 saturated heterocycles. The Balaban J connectivity index is 1.58. The van der Waals surface area contributed by atoms with Crippen molar-refractivity contribution in [2.75, 3.05) is 26.7 Å². The summed E-state index contributed by atoms with van der Waals surface area (Å²) in [4.78, 5) is 55.3. The molecular formula is C32H40ClN5O6. The number of benzene rings is 2. The van der Waals surface area contributed by atoms with Crippen molar-refractivity contribution < 1.29 is 28.7 Å². The monoisotopic (exact) mass is 625 g/mol. The van der Waals surface area contributed by atoms with Crippen LogP contribution in [-0.4, -0.2) is 83.4 Å². The number of nitrogens with one attached hydrogen (secondary N) is 2. The lowest BCUT2D eigenvalue weighted by Crippen LogP contribution is -2.63. The predicted molar refractivity (Wildman–Crippen MR) is 166 cm³/mol. The summed E-state index contributed by atoms with van der Waals surface area (Å²) in [5.41, 5.74) is -1.56. The molecule has 0 bridgehead atoms. The standard InChI is InChI=1S/C32H40ClN5O6/c1-30(2,3)44-29(42)35-31(4,5)27(40)34-23(19-43-24-15-11-10-14-22(24)33)26(39)38-17-16-25-32(20-38,28(41)37(6)36-25)18-21-12-8-7-9-13-21/h7-15,23H,16-20H2,1-6H3,(H,34,40)(H,35,42)/t23?,32-/m1/s1. The summed E-state index contributed by atoms with van der Waals surface area (Å²) in [6.45, 7) is 8.30. The molecule has 12 heteroatoms. The second kappa shape index (κ2) is 12.9. The molecule has 2 aromatic carbocycles. The van der Waals surface area contributed by atoms with Crippen LogP contribution >= 0.6 is 11.6 Å². The van der Waals surface area contributed by atoms with Crippen molar-refractivity contribution >= 4 is 41.1 Å². The van der Waals surface area contributed by atoms with Crippen LogP contribution in [0.2, 0.25) is 5.02 Å². The van der Waals surface area contributed by atoms with Crippen LogP contribution in [-0.2, 0) is 25.5 Å². The number of fused-ring (bicyclic) bond motifs is 1. The first-order valence-electron chi connectivity index (χ1n) is 14.5. The van der Waals surface area contributed by atoms with Gasteiger partial charge in [-0.3, -0.25) is 14.4 Å². The van der Waals surface area contributed by atoms with Crippen molar-refractivity contribution in [3.63, 3.8) is 0 Å². The summed E-state index contributed by atoms with van der Waals surface area (Å²) in [5, 5.41) is 11.5. The fourth-order valence-corrected chi connectivity index (χ4v) is 5.49. The van der Waals surface area contributed by atoms with E-state index >= 15 is 0 Å². The second-order valence-electron chi connectivity index (χ2n) is 12.6. The van der Waals surface area contributed by atoms with Gasteiger partial charge in [0.15, 0.2) is 0 Å². The summed E-state index contributed by atoms with van der Waals surface area (Å²) < 4.78 is 11.2. The van der Waals surface area contributed by atoms with Gasteiger partial charge < -0.3 is 25.0 Å². The molecule has 0 aliphatic carbocycles. The zero-order valence-corrected chi connectivity index (χ0v) is 26.7.